The third kappa shape index (κ3) is 5.08. The Kier molecular flexibility index (Phi) is 7.53. The first kappa shape index (κ1) is 24.1. The Hall–Kier alpha value is -4.03. The SMILES string of the molecule is COc1cc(-c2nnc(S[C@H](C#N)Cc3ccccc3)n2-c2ccccc2F)cc(OC)c1OC. The number of hydrogen-bond donors (Lipinski definition) is 0. The number of hydrogen-bond acceptors (Lipinski definition) is 7. The molecule has 178 valence electrons. The van der Waals surface area contributed by atoms with E-state index in [1.54, 1.807) is 34.9 Å². The van der Waals surface area contributed by atoms with E-state index in [-0.39, 0.29) is 5.69 Å². The highest BCUT2D eigenvalue weighted by Gasteiger charge is 2.24. The van der Waals surface area contributed by atoms with Gasteiger partial charge in [-0.25, -0.2) is 4.39 Å². The molecule has 4 rings (SSSR count). The van der Waals surface area contributed by atoms with Gasteiger partial charge in [-0.15, -0.1) is 10.2 Å². The van der Waals surface area contributed by atoms with E-state index >= 15 is 0 Å². The highest BCUT2D eigenvalue weighted by Crippen LogP contribution is 2.42. The van der Waals surface area contributed by atoms with Crippen molar-refractivity contribution in [2.45, 2.75) is 16.8 Å². The number of benzene rings is 3. The largest absolute Gasteiger partial charge is 0.493 e. The minimum absolute atomic E-state index is 0.264. The molecule has 0 aliphatic carbocycles. The van der Waals surface area contributed by atoms with Gasteiger partial charge in [0.25, 0.3) is 0 Å². The number of para-hydroxylation sites is 1. The van der Waals surface area contributed by atoms with E-state index in [4.69, 9.17) is 14.2 Å². The lowest BCUT2D eigenvalue weighted by Gasteiger charge is -2.16. The molecule has 1 heterocycles. The molecule has 0 saturated heterocycles. The van der Waals surface area contributed by atoms with Gasteiger partial charge in [0, 0.05) is 5.56 Å². The van der Waals surface area contributed by atoms with Gasteiger partial charge < -0.3 is 14.2 Å². The van der Waals surface area contributed by atoms with Crippen molar-refractivity contribution in [2.75, 3.05) is 21.3 Å². The zero-order chi connectivity index (χ0) is 24.8. The Morgan fingerprint density at radius 1 is 0.943 bits per heavy atom. The summed E-state index contributed by atoms with van der Waals surface area (Å²) in [4.78, 5) is 0. The Bertz CT molecular complexity index is 1330. The van der Waals surface area contributed by atoms with Gasteiger partial charge in [0.05, 0.1) is 33.1 Å². The highest BCUT2D eigenvalue weighted by atomic mass is 32.2. The van der Waals surface area contributed by atoms with Crippen molar-refractivity contribution in [2.24, 2.45) is 0 Å². The first-order chi connectivity index (χ1) is 17.1. The van der Waals surface area contributed by atoms with Crippen LogP contribution in [0.15, 0.2) is 71.9 Å². The normalized spacial score (nSPS) is 11.5. The molecule has 35 heavy (non-hydrogen) atoms. The zero-order valence-electron chi connectivity index (χ0n) is 19.4. The Balaban J connectivity index is 1.83. The van der Waals surface area contributed by atoms with Crippen LogP contribution in [0.3, 0.4) is 0 Å². The fourth-order valence-corrected chi connectivity index (χ4v) is 4.62. The lowest BCUT2D eigenvalue weighted by Crippen LogP contribution is -2.08. The average molecular weight is 491 g/mol. The van der Waals surface area contributed by atoms with Crippen LogP contribution in [0.1, 0.15) is 5.56 Å². The number of halogens is 1. The first-order valence-corrected chi connectivity index (χ1v) is 11.6. The monoisotopic (exact) mass is 490 g/mol. The molecule has 0 radical (unpaired) electrons. The number of aromatic nitrogens is 3. The van der Waals surface area contributed by atoms with Crippen LogP contribution in [-0.4, -0.2) is 41.3 Å². The second-order valence-corrected chi connectivity index (χ2v) is 8.60. The van der Waals surface area contributed by atoms with Crippen molar-refractivity contribution in [3.8, 4) is 40.4 Å². The third-order valence-corrected chi connectivity index (χ3v) is 6.34. The van der Waals surface area contributed by atoms with E-state index in [2.05, 4.69) is 16.3 Å². The Labute approximate surface area is 207 Å². The summed E-state index contributed by atoms with van der Waals surface area (Å²) in [5, 5.41) is 18.5. The number of nitriles is 1. The summed E-state index contributed by atoms with van der Waals surface area (Å²) in [5.74, 6) is 1.21. The summed E-state index contributed by atoms with van der Waals surface area (Å²) in [5.41, 5.74) is 1.87. The van der Waals surface area contributed by atoms with Gasteiger partial charge in [-0.2, -0.15) is 5.26 Å². The molecule has 0 bridgehead atoms. The minimum atomic E-state index is -0.458. The lowest BCUT2D eigenvalue weighted by molar-refractivity contribution is 0.324. The second kappa shape index (κ2) is 10.9. The standard InChI is InChI=1S/C26H23FN4O3S/c1-32-22-14-18(15-23(33-2)24(22)34-3)25-29-30-26(31(25)21-12-8-7-11-20(21)27)35-19(16-28)13-17-9-5-4-6-10-17/h4-12,14-15,19H,13H2,1-3H3/t19-/m0/s1. The Morgan fingerprint density at radius 2 is 1.60 bits per heavy atom. The number of rotatable bonds is 9. The minimum Gasteiger partial charge on any atom is -0.493 e. The molecule has 0 aliphatic rings. The summed E-state index contributed by atoms with van der Waals surface area (Å²) in [7, 11) is 4.56. The summed E-state index contributed by atoms with van der Waals surface area (Å²) in [6.45, 7) is 0. The topological polar surface area (TPSA) is 82.2 Å². The molecule has 7 nitrogen and oxygen atoms in total. The maximum atomic E-state index is 15.0. The van der Waals surface area contributed by atoms with Gasteiger partial charge in [-0.1, -0.05) is 54.2 Å². The van der Waals surface area contributed by atoms with Crippen molar-refractivity contribution in [1.82, 2.24) is 14.8 Å². The predicted molar refractivity (Wildman–Crippen MR) is 132 cm³/mol. The van der Waals surface area contributed by atoms with Crippen LogP contribution in [0, 0.1) is 17.1 Å². The van der Waals surface area contributed by atoms with E-state index in [1.807, 2.05) is 30.3 Å². The average Bonchev–Trinajstić information content (AvgIpc) is 3.31. The third-order valence-electron chi connectivity index (χ3n) is 5.31. The molecule has 1 aromatic heterocycles. The van der Waals surface area contributed by atoms with Crippen molar-refractivity contribution in [3.63, 3.8) is 0 Å². The molecule has 0 N–H and O–H groups in total. The number of thioether (sulfide) groups is 1. The van der Waals surface area contributed by atoms with Crippen LogP contribution in [-0.2, 0) is 6.42 Å². The molecule has 3 aromatic carbocycles. The first-order valence-electron chi connectivity index (χ1n) is 10.7. The van der Waals surface area contributed by atoms with Crippen molar-refractivity contribution in [3.05, 3.63) is 78.1 Å². The van der Waals surface area contributed by atoms with Gasteiger partial charge in [0.1, 0.15) is 11.1 Å². The second-order valence-electron chi connectivity index (χ2n) is 7.43. The van der Waals surface area contributed by atoms with Gasteiger partial charge >= 0.3 is 0 Å². The number of methoxy groups -OCH3 is 3. The van der Waals surface area contributed by atoms with Gasteiger partial charge in [-0.05, 0) is 36.2 Å². The highest BCUT2D eigenvalue weighted by molar-refractivity contribution is 8.00. The number of ether oxygens (including phenoxy) is 3. The summed E-state index contributed by atoms with van der Waals surface area (Å²) >= 11 is 1.23. The lowest BCUT2D eigenvalue weighted by atomic mass is 10.1. The quantitative estimate of drug-likeness (QED) is 0.294. The molecule has 0 aliphatic heterocycles. The van der Waals surface area contributed by atoms with Gasteiger partial charge in [-0.3, -0.25) is 4.57 Å². The summed E-state index contributed by atoms with van der Waals surface area (Å²) in [6.07, 6.45) is 0.506. The fourth-order valence-electron chi connectivity index (χ4n) is 3.66. The maximum absolute atomic E-state index is 15.0. The zero-order valence-corrected chi connectivity index (χ0v) is 20.3. The van der Waals surface area contributed by atoms with Crippen molar-refractivity contribution in [1.29, 1.82) is 5.26 Å². The van der Waals surface area contributed by atoms with Crippen molar-refractivity contribution < 1.29 is 18.6 Å². The molecule has 0 fully saturated rings. The van der Waals surface area contributed by atoms with Crippen LogP contribution in [0.25, 0.3) is 17.1 Å². The smallest absolute Gasteiger partial charge is 0.203 e. The van der Waals surface area contributed by atoms with Crippen LogP contribution < -0.4 is 14.2 Å². The van der Waals surface area contributed by atoms with Crippen LogP contribution >= 0.6 is 11.8 Å². The van der Waals surface area contributed by atoms with Crippen LogP contribution in [0.5, 0.6) is 17.2 Å². The van der Waals surface area contributed by atoms with Crippen LogP contribution in [0.2, 0.25) is 0 Å². The molecule has 9 heteroatoms. The van der Waals surface area contributed by atoms with E-state index in [0.29, 0.717) is 40.2 Å². The van der Waals surface area contributed by atoms with Crippen molar-refractivity contribution >= 4 is 11.8 Å². The molecule has 0 saturated carbocycles. The fraction of sp³-hybridized carbons (Fsp3) is 0.192. The molecule has 0 unspecified atom stereocenters. The predicted octanol–water partition coefficient (Wildman–Crippen LogP) is 5.33. The maximum Gasteiger partial charge on any atom is 0.203 e. The number of nitrogens with zero attached hydrogens (tertiary/aromatic N) is 4. The molecular weight excluding hydrogens is 467 g/mol. The summed E-state index contributed by atoms with van der Waals surface area (Å²) < 4.78 is 33.0. The van der Waals surface area contributed by atoms with Crippen LogP contribution in [0.4, 0.5) is 4.39 Å². The molecule has 0 amide bonds. The Morgan fingerprint density at radius 3 is 2.20 bits per heavy atom. The summed E-state index contributed by atoms with van der Waals surface area (Å²) in [6, 6.07) is 21.9. The van der Waals surface area contributed by atoms with E-state index in [0.717, 1.165) is 5.56 Å². The van der Waals surface area contributed by atoms with Gasteiger partial charge in [0.15, 0.2) is 22.5 Å². The van der Waals surface area contributed by atoms with E-state index in [9.17, 15) is 9.65 Å². The molecular formula is C26H23FN4O3S. The van der Waals surface area contributed by atoms with E-state index in [1.165, 1.54) is 39.2 Å². The molecule has 1 atom stereocenters. The van der Waals surface area contributed by atoms with E-state index < -0.39 is 11.1 Å². The molecule has 4 aromatic rings. The molecule has 0 spiro atoms. The van der Waals surface area contributed by atoms with Gasteiger partial charge in [0.2, 0.25) is 5.75 Å².